The highest BCUT2D eigenvalue weighted by atomic mass is 16.5. The number of rotatable bonds is 5. The van der Waals surface area contributed by atoms with Gasteiger partial charge in [0, 0.05) is 11.9 Å². The quantitative estimate of drug-likeness (QED) is 0.849. The number of fused-ring (bicyclic) bond motifs is 1. The lowest BCUT2D eigenvalue weighted by Gasteiger charge is -2.18. The van der Waals surface area contributed by atoms with Crippen LogP contribution in [0.2, 0.25) is 0 Å². The van der Waals surface area contributed by atoms with Gasteiger partial charge in [0.25, 0.3) is 0 Å². The number of benzene rings is 1. The van der Waals surface area contributed by atoms with Crippen molar-refractivity contribution in [2.75, 3.05) is 13.7 Å². The molecule has 3 rings (SSSR count). The van der Waals surface area contributed by atoms with Crippen LogP contribution in [-0.4, -0.2) is 18.6 Å². The number of aromatic nitrogens is 1. The predicted molar refractivity (Wildman–Crippen MR) is 86.5 cm³/mol. The molecule has 0 saturated heterocycles. The number of methoxy groups -OCH3 is 1. The number of pyridine rings is 1. The summed E-state index contributed by atoms with van der Waals surface area (Å²) >= 11 is 0. The standard InChI is InChI=1S/C18H22N2O/c1-21-17-9-5-8-15-10-11-16(20-18(15)17)13-19-12-14-6-3-2-4-7-14/h2-3,5,8-11,14,19H,4,6-7,12-13H2,1H3. The maximum atomic E-state index is 5.39. The zero-order valence-corrected chi connectivity index (χ0v) is 12.5. The number of nitrogens with zero attached hydrogens (tertiary/aromatic N) is 1. The second-order valence-electron chi connectivity index (χ2n) is 5.62. The summed E-state index contributed by atoms with van der Waals surface area (Å²) in [7, 11) is 1.69. The van der Waals surface area contributed by atoms with Gasteiger partial charge in [-0.1, -0.05) is 30.4 Å². The summed E-state index contributed by atoms with van der Waals surface area (Å²) in [6, 6.07) is 10.2. The Morgan fingerprint density at radius 2 is 2.19 bits per heavy atom. The highest BCUT2D eigenvalue weighted by Gasteiger charge is 2.09. The number of ether oxygens (including phenoxy) is 1. The van der Waals surface area contributed by atoms with Crippen LogP contribution in [0.4, 0.5) is 0 Å². The molecule has 0 spiro atoms. The summed E-state index contributed by atoms with van der Waals surface area (Å²) in [6.45, 7) is 1.88. The Labute approximate surface area is 126 Å². The number of para-hydroxylation sites is 1. The van der Waals surface area contributed by atoms with Crippen LogP contribution in [0.25, 0.3) is 10.9 Å². The Morgan fingerprint density at radius 3 is 3.00 bits per heavy atom. The Kier molecular flexibility index (Phi) is 4.51. The molecule has 1 unspecified atom stereocenters. The van der Waals surface area contributed by atoms with Gasteiger partial charge in [-0.2, -0.15) is 0 Å². The maximum Gasteiger partial charge on any atom is 0.145 e. The van der Waals surface area contributed by atoms with Gasteiger partial charge in [0.05, 0.1) is 12.8 Å². The Bertz CT molecular complexity index is 636. The van der Waals surface area contributed by atoms with Gasteiger partial charge in [-0.05, 0) is 43.9 Å². The van der Waals surface area contributed by atoms with Gasteiger partial charge in [-0.25, -0.2) is 4.98 Å². The lowest BCUT2D eigenvalue weighted by molar-refractivity contribution is 0.418. The van der Waals surface area contributed by atoms with E-state index in [1.54, 1.807) is 7.11 Å². The first-order valence-corrected chi connectivity index (χ1v) is 7.65. The molecule has 0 amide bonds. The van der Waals surface area contributed by atoms with E-state index < -0.39 is 0 Å². The Balaban J connectivity index is 1.65. The normalized spacial score (nSPS) is 18.0. The van der Waals surface area contributed by atoms with Crippen molar-refractivity contribution in [2.45, 2.75) is 25.8 Å². The van der Waals surface area contributed by atoms with Crippen LogP contribution >= 0.6 is 0 Å². The minimum atomic E-state index is 0.769. The largest absolute Gasteiger partial charge is 0.494 e. The molecule has 1 N–H and O–H groups in total. The van der Waals surface area contributed by atoms with E-state index in [1.807, 2.05) is 12.1 Å². The molecule has 0 aliphatic heterocycles. The van der Waals surface area contributed by atoms with E-state index in [-0.39, 0.29) is 0 Å². The third kappa shape index (κ3) is 3.42. The lowest BCUT2D eigenvalue weighted by atomic mass is 9.94. The average molecular weight is 282 g/mol. The molecule has 2 aromatic rings. The number of hydrogen-bond acceptors (Lipinski definition) is 3. The molecule has 1 aromatic carbocycles. The van der Waals surface area contributed by atoms with Crippen molar-refractivity contribution >= 4 is 10.9 Å². The van der Waals surface area contributed by atoms with Crippen molar-refractivity contribution in [3.05, 3.63) is 48.2 Å². The fourth-order valence-corrected chi connectivity index (χ4v) is 2.87. The molecule has 1 atom stereocenters. The molecule has 3 heteroatoms. The minimum absolute atomic E-state index is 0.769. The highest BCUT2D eigenvalue weighted by molar-refractivity contribution is 5.84. The van der Waals surface area contributed by atoms with Crippen molar-refractivity contribution in [2.24, 2.45) is 5.92 Å². The molecule has 1 aliphatic carbocycles. The topological polar surface area (TPSA) is 34.1 Å². The van der Waals surface area contributed by atoms with Crippen molar-refractivity contribution in [3.63, 3.8) is 0 Å². The second kappa shape index (κ2) is 6.72. The third-order valence-electron chi connectivity index (χ3n) is 4.08. The van der Waals surface area contributed by atoms with Gasteiger partial charge in [0.2, 0.25) is 0 Å². The SMILES string of the molecule is COc1cccc2ccc(CNCC3CC=CCC3)nc12. The van der Waals surface area contributed by atoms with E-state index in [1.165, 1.54) is 19.3 Å². The van der Waals surface area contributed by atoms with E-state index >= 15 is 0 Å². The minimum Gasteiger partial charge on any atom is -0.494 e. The van der Waals surface area contributed by atoms with E-state index in [0.29, 0.717) is 0 Å². The fraction of sp³-hybridized carbons (Fsp3) is 0.389. The summed E-state index contributed by atoms with van der Waals surface area (Å²) in [5, 5.41) is 4.66. The number of allylic oxidation sites excluding steroid dienone is 2. The molecule has 110 valence electrons. The number of nitrogens with one attached hydrogen (secondary N) is 1. The summed E-state index contributed by atoms with van der Waals surface area (Å²) in [5.74, 6) is 1.61. The molecule has 21 heavy (non-hydrogen) atoms. The van der Waals surface area contributed by atoms with Gasteiger partial charge in [-0.3, -0.25) is 0 Å². The van der Waals surface area contributed by atoms with E-state index in [0.717, 1.165) is 41.4 Å². The lowest BCUT2D eigenvalue weighted by Crippen LogP contribution is -2.23. The van der Waals surface area contributed by atoms with Crippen LogP contribution in [-0.2, 0) is 6.54 Å². The van der Waals surface area contributed by atoms with E-state index in [9.17, 15) is 0 Å². The molecular formula is C18H22N2O. The maximum absolute atomic E-state index is 5.39. The summed E-state index contributed by atoms with van der Waals surface area (Å²) in [4.78, 5) is 4.73. The Hall–Kier alpha value is -1.87. The smallest absolute Gasteiger partial charge is 0.145 e. The molecule has 1 aromatic heterocycles. The van der Waals surface area contributed by atoms with Crippen LogP contribution in [0.5, 0.6) is 5.75 Å². The van der Waals surface area contributed by atoms with Gasteiger partial charge in [-0.15, -0.1) is 0 Å². The van der Waals surface area contributed by atoms with Gasteiger partial charge < -0.3 is 10.1 Å². The average Bonchev–Trinajstić information content (AvgIpc) is 2.55. The molecule has 1 heterocycles. The first-order valence-electron chi connectivity index (χ1n) is 7.65. The van der Waals surface area contributed by atoms with Crippen LogP contribution < -0.4 is 10.1 Å². The predicted octanol–water partition coefficient (Wildman–Crippen LogP) is 3.69. The van der Waals surface area contributed by atoms with Crippen molar-refractivity contribution in [1.82, 2.24) is 10.3 Å². The fourth-order valence-electron chi connectivity index (χ4n) is 2.87. The molecule has 0 bridgehead atoms. The summed E-state index contributed by atoms with van der Waals surface area (Å²) < 4.78 is 5.39. The van der Waals surface area contributed by atoms with Crippen LogP contribution in [0.15, 0.2) is 42.5 Å². The number of hydrogen-bond donors (Lipinski definition) is 1. The van der Waals surface area contributed by atoms with Crippen molar-refractivity contribution in [1.29, 1.82) is 0 Å². The monoisotopic (exact) mass is 282 g/mol. The second-order valence-corrected chi connectivity index (χ2v) is 5.62. The molecule has 0 radical (unpaired) electrons. The first-order chi connectivity index (χ1) is 10.4. The van der Waals surface area contributed by atoms with Crippen molar-refractivity contribution < 1.29 is 4.74 Å². The highest BCUT2D eigenvalue weighted by Crippen LogP contribution is 2.23. The van der Waals surface area contributed by atoms with Crippen molar-refractivity contribution in [3.8, 4) is 5.75 Å². The van der Waals surface area contributed by atoms with Crippen LogP contribution in [0.1, 0.15) is 25.0 Å². The van der Waals surface area contributed by atoms with Gasteiger partial charge in [0.15, 0.2) is 0 Å². The van der Waals surface area contributed by atoms with Crippen LogP contribution in [0, 0.1) is 5.92 Å². The zero-order chi connectivity index (χ0) is 14.5. The van der Waals surface area contributed by atoms with Crippen LogP contribution in [0.3, 0.4) is 0 Å². The van der Waals surface area contributed by atoms with Gasteiger partial charge in [0.1, 0.15) is 11.3 Å². The molecule has 3 nitrogen and oxygen atoms in total. The first kappa shape index (κ1) is 14.1. The molecular weight excluding hydrogens is 260 g/mol. The molecule has 1 aliphatic rings. The summed E-state index contributed by atoms with van der Waals surface area (Å²) in [5.41, 5.74) is 2.01. The van der Waals surface area contributed by atoms with E-state index in [2.05, 4.69) is 35.7 Å². The zero-order valence-electron chi connectivity index (χ0n) is 12.5. The third-order valence-corrected chi connectivity index (χ3v) is 4.08. The molecule has 0 saturated carbocycles. The molecule has 0 fully saturated rings. The summed E-state index contributed by atoms with van der Waals surface area (Å²) in [6.07, 6.45) is 8.30. The Morgan fingerprint density at radius 1 is 1.24 bits per heavy atom. The van der Waals surface area contributed by atoms with E-state index in [4.69, 9.17) is 9.72 Å². The van der Waals surface area contributed by atoms with Gasteiger partial charge >= 0.3 is 0 Å².